The highest BCUT2D eigenvalue weighted by molar-refractivity contribution is 7.21. The van der Waals surface area contributed by atoms with Crippen molar-refractivity contribution < 1.29 is 14.3 Å². The smallest absolute Gasteiger partial charge is 0.261 e. The molecule has 0 saturated carbocycles. The van der Waals surface area contributed by atoms with Crippen molar-refractivity contribution in [3.8, 4) is 0 Å². The van der Waals surface area contributed by atoms with E-state index >= 15 is 0 Å². The molecule has 0 aliphatic carbocycles. The first kappa shape index (κ1) is 20.8. The molecule has 1 fully saturated rings. The highest BCUT2D eigenvalue weighted by Gasteiger charge is 2.29. The van der Waals surface area contributed by atoms with Crippen molar-refractivity contribution in [2.45, 2.75) is 58.0 Å². The molecule has 152 valence electrons. The summed E-state index contributed by atoms with van der Waals surface area (Å²) in [5.74, 6) is 0.138. The lowest BCUT2D eigenvalue weighted by molar-refractivity contribution is -0.135. The zero-order chi connectivity index (χ0) is 20.1. The Hall–Kier alpha value is -1.92. The Labute approximate surface area is 171 Å². The summed E-state index contributed by atoms with van der Waals surface area (Å²) in [7, 11) is 1.62. The highest BCUT2D eigenvalue weighted by atomic mass is 32.1. The van der Waals surface area contributed by atoms with E-state index in [2.05, 4.69) is 17.4 Å². The van der Waals surface area contributed by atoms with Crippen molar-refractivity contribution in [2.75, 3.05) is 20.3 Å². The van der Waals surface area contributed by atoms with Gasteiger partial charge in [0.2, 0.25) is 5.91 Å². The number of likely N-dealkylation sites (tertiary alicyclic amines) is 1. The van der Waals surface area contributed by atoms with Crippen molar-refractivity contribution in [1.82, 2.24) is 10.2 Å². The van der Waals surface area contributed by atoms with E-state index in [0.29, 0.717) is 13.0 Å². The largest absolute Gasteiger partial charge is 0.384 e. The molecular formula is C22H30N2O3S. The van der Waals surface area contributed by atoms with Gasteiger partial charge < -0.3 is 15.0 Å². The number of methoxy groups -OCH3 is 1. The standard InChI is InChI=1S/C22H30N2O3S/c1-15(2)23-22(26)21-18(17-9-4-5-10-19(17)28-21)14-16-8-6-7-12-24(16)20(25)11-13-27-3/h4-5,9-10,15-16H,6-8,11-14H2,1-3H3,(H,23,26). The molecule has 1 aliphatic heterocycles. The lowest BCUT2D eigenvalue weighted by Gasteiger charge is -2.36. The van der Waals surface area contributed by atoms with Crippen LogP contribution in [0.2, 0.25) is 0 Å². The normalized spacial score (nSPS) is 17.3. The van der Waals surface area contributed by atoms with Gasteiger partial charge in [-0.25, -0.2) is 0 Å². The van der Waals surface area contributed by atoms with Crippen molar-refractivity contribution in [1.29, 1.82) is 0 Å². The molecule has 2 aromatic rings. The molecule has 1 atom stereocenters. The van der Waals surface area contributed by atoms with E-state index in [1.165, 1.54) is 0 Å². The van der Waals surface area contributed by atoms with Crippen molar-refractivity contribution >= 4 is 33.2 Å². The second kappa shape index (κ2) is 9.52. The van der Waals surface area contributed by atoms with Crippen molar-refractivity contribution in [3.05, 3.63) is 34.7 Å². The fraction of sp³-hybridized carbons (Fsp3) is 0.545. The van der Waals surface area contributed by atoms with E-state index in [-0.39, 0.29) is 23.9 Å². The maximum atomic E-state index is 12.8. The monoisotopic (exact) mass is 402 g/mol. The topological polar surface area (TPSA) is 58.6 Å². The molecule has 28 heavy (non-hydrogen) atoms. The summed E-state index contributed by atoms with van der Waals surface area (Å²) in [6, 6.07) is 8.42. The molecule has 1 aromatic heterocycles. The molecule has 0 bridgehead atoms. The number of amides is 2. The number of ether oxygens (including phenoxy) is 1. The van der Waals surface area contributed by atoms with Crippen molar-refractivity contribution in [2.24, 2.45) is 0 Å². The van der Waals surface area contributed by atoms with Crippen LogP contribution in [-0.4, -0.2) is 49.1 Å². The number of nitrogens with one attached hydrogen (secondary N) is 1. The van der Waals surface area contributed by atoms with Crippen LogP contribution in [0.1, 0.15) is 54.8 Å². The first-order chi connectivity index (χ1) is 13.5. The number of fused-ring (bicyclic) bond motifs is 1. The van der Waals surface area contributed by atoms with Crippen LogP contribution in [0.4, 0.5) is 0 Å². The summed E-state index contributed by atoms with van der Waals surface area (Å²) in [6.07, 6.45) is 4.28. The summed E-state index contributed by atoms with van der Waals surface area (Å²) in [4.78, 5) is 28.3. The van der Waals surface area contributed by atoms with E-state index in [0.717, 1.165) is 52.8 Å². The second-order valence-electron chi connectivity index (χ2n) is 7.72. The first-order valence-corrected chi connectivity index (χ1v) is 10.9. The van der Waals surface area contributed by atoms with Gasteiger partial charge in [0.15, 0.2) is 0 Å². The van der Waals surface area contributed by atoms with Gasteiger partial charge >= 0.3 is 0 Å². The average Bonchev–Trinajstić information content (AvgIpc) is 3.05. The molecule has 2 amide bonds. The van der Waals surface area contributed by atoms with Gasteiger partial charge in [0.05, 0.1) is 17.9 Å². The van der Waals surface area contributed by atoms with E-state index in [1.807, 2.05) is 30.9 Å². The van der Waals surface area contributed by atoms with Gasteiger partial charge in [-0.3, -0.25) is 9.59 Å². The summed E-state index contributed by atoms with van der Waals surface area (Å²) >= 11 is 1.55. The quantitative estimate of drug-likeness (QED) is 0.762. The Morgan fingerprint density at radius 2 is 2.07 bits per heavy atom. The fourth-order valence-electron chi connectivity index (χ4n) is 3.92. The van der Waals surface area contributed by atoms with Crippen LogP contribution in [0.5, 0.6) is 0 Å². The Morgan fingerprint density at radius 1 is 1.29 bits per heavy atom. The Morgan fingerprint density at radius 3 is 2.82 bits per heavy atom. The number of thiophene rings is 1. The number of hydrogen-bond donors (Lipinski definition) is 1. The minimum absolute atomic E-state index is 0.0146. The Kier molecular flexibility index (Phi) is 7.08. The molecule has 3 rings (SSSR count). The van der Waals surface area contributed by atoms with E-state index < -0.39 is 0 Å². The molecule has 1 aromatic carbocycles. The zero-order valence-electron chi connectivity index (χ0n) is 17.0. The van der Waals surface area contributed by atoms with Gasteiger partial charge in [0.25, 0.3) is 5.91 Å². The molecule has 1 unspecified atom stereocenters. The third-order valence-electron chi connectivity index (χ3n) is 5.23. The maximum Gasteiger partial charge on any atom is 0.261 e. The van der Waals surface area contributed by atoms with Gasteiger partial charge in [0.1, 0.15) is 0 Å². The minimum atomic E-state index is -0.0146. The van der Waals surface area contributed by atoms with E-state index in [9.17, 15) is 9.59 Å². The van der Waals surface area contributed by atoms with Gasteiger partial charge in [-0.05, 0) is 56.5 Å². The lowest BCUT2D eigenvalue weighted by Crippen LogP contribution is -2.45. The molecule has 1 saturated heterocycles. The molecule has 6 heteroatoms. The third-order valence-corrected chi connectivity index (χ3v) is 6.44. The maximum absolute atomic E-state index is 12.8. The number of carbonyl (C=O) groups excluding carboxylic acids is 2. The van der Waals surface area contributed by atoms with Crippen LogP contribution < -0.4 is 5.32 Å². The van der Waals surface area contributed by atoms with E-state index in [4.69, 9.17) is 4.74 Å². The lowest BCUT2D eigenvalue weighted by atomic mass is 9.93. The summed E-state index contributed by atoms with van der Waals surface area (Å²) in [5, 5.41) is 4.17. The molecule has 1 aliphatic rings. The number of piperidine rings is 1. The molecular weight excluding hydrogens is 372 g/mol. The SMILES string of the molecule is COCCC(=O)N1CCCCC1Cc1c(C(=O)NC(C)C)sc2ccccc12. The van der Waals surface area contributed by atoms with E-state index in [1.54, 1.807) is 18.4 Å². The molecule has 1 N–H and O–H groups in total. The summed E-state index contributed by atoms with van der Waals surface area (Å²) in [6.45, 7) is 5.19. The highest BCUT2D eigenvalue weighted by Crippen LogP contribution is 2.34. The molecule has 0 radical (unpaired) electrons. The van der Waals surface area contributed by atoms with Crippen LogP contribution in [-0.2, 0) is 16.0 Å². The van der Waals surface area contributed by atoms with Gasteiger partial charge in [-0.2, -0.15) is 0 Å². The van der Waals surface area contributed by atoms with Crippen LogP contribution in [0, 0.1) is 0 Å². The Balaban J connectivity index is 1.90. The minimum Gasteiger partial charge on any atom is -0.384 e. The third kappa shape index (κ3) is 4.73. The molecule has 5 nitrogen and oxygen atoms in total. The summed E-state index contributed by atoms with van der Waals surface area (Å²) < 4.78 is 6.22. The van der Waals surface area contributed by atoms with Crippen LogP contribution in [0.25, 0.3) is 10.1 Å². The average molecular weight is 403 g/mol. The van der Waals surface area contributed by atoms with Crippen LogP contribution >= 0.6 is 11.3 Å². The van der Waals surface area contributed by atoms with Crippen LogP contribution in [0.15, 0.2) is 24.3 Å². The number of rotatable bonds is 7. The molecule has 0 spiro atoms. The fourth-order valence-corrected chi connectivity index (χ4v) is 5.06. The Bertz CT molecular complexity index is 830. The number of carbonyl (C=O) groups is 2. The number of nitrogens with zero attached hydrogens (tertiary/aromatic N) is 1. The van der Waals surface area contributed by atoms with Gasteiger partial charge in [0, 0.05) is 30.4 Å². The van der Waals surface area contributed by atoms with Crippen molar-refractivity contribution in [3.63, 3.8) is 0 Å². The predicted molar refractivity (Wildman–Crippen MR) is 114 cm³/mol. The second-order valence-corrected chi connectivity index (χ2v) is 8.77. The summed E-state index contributed by atoms with van der Waals surface area (Å²) in [5.41, 5.74) is 1.08. The zero-order valence-corrected chi connectivity index (χ0v) is 17.8. The molecule has 2 heterocycles. The first-order valence-electron chi connectivity index (χ1n) is 10.1. The predicted octanol–water partition coefficient (Wildman–Crippen LogP) is 4.00. The van der Waals surface area contributed by atoms with Crippen LogP contribution in [0.3, 0.4) is 0 Å². The van der Waals surface area contributed by atoms with Gasteiger partial charge in [-0.15, -0.1) is 11.3 Å². The number of benzene rings is 1. The van der Waals surface area contributed by atoms with Gasteiger partial charge in [-0.1, -0.05) is 18.2 Å². The number of hydrogen-bond acceptors (Lipinski definition) is 4.